The van der Waals surface area contributed by atoms with Gasteiger partial charge in [0.05, 0.1) is 13.5 Å². The lowest BCUT2D eigenvalue weighted by Gasteiger charge is -2.31. The van der Waals surface area contributed by atoms with Gasteiger partial charge in [0.1, 0.15) is 11.8 Å². The summed E-state index contributed by atoms with van der Waals surface area (Å²) in [5.74, 6) is 0.567. The SMILES string of the molecule is CCCNC(=O)[C@@H](CC)N(Cc1cccc(OC)c1)C(=O)Cc1ccccc1. The van der Waals surface area contributed by atoms with E-state index in [-0.39, 0.29) is 18.2 Å². The molecule has 0 fully saturated rings. The van der Waals surface area contributed by atoms with E-state index in [1.54, 1.807) is 12.0 Å². The number of methoxy groups -OCH3 is 1. The van der Waals surface area contributed by atoms with Crippen molar-refractivity contribution in [3.63, 3.8) is 0 Å². The molecule has 5 heteroatoms. The summed E-state index contributed by atoms with van der Waals surface area (Å²) in [6.07, 6.45) is 1.68. The third kappa shape index (κ3) is 6.12. The Labute approximate surface area is 167 Å². The lowest BCUT2D eigenvalue weighted by Crippen LogP contribution is -2.49. The molecule has 150 valence electrons. The second-order valence-corrected chi connectivity index (χ2v) is 6.75. The fourth-order valence-corrected chi connectivity index (χ4v) is 3.13. The molecule has 0 heterocycles. The number of nitrogens with one attached hydrogen (secondary N) is 1. The Morgan fingerprint density at radius 3 is 2.39 bits per heavy atom. The summed E-state index contributed by atoms with van der Waals surface area (Å²) >= 11 is 0. The molecule has 0 saturated carbocycles. The Bertz CT molecular complexity index is 761. The predicted molar refractivity (Wildman–Crippen MR) is 111 cm³/mol. The minimum absolute atomic E-state index is 0.0625. The molecule has 0 saturated heterocycles. The molecular weight excluding hydrogens is 352 g/mol. The minimum Gasteiger partial charge on any atom is -0.497 e. The first kappa shape index (κ1) is 21.5. The highest BCUT2D eigenvalue weighted by Gasteiger charge is 2.28. The summed E-state index contributed by atoms with van der Waals surface area (Å²) < 4.78 is 5.30. The molecule has 2 rings (SSSR count). The number of amides is 2. The maximum Gasteiger partial charge on any atom is 0.242 e. The van der Waals surface area contributed by atoms with Crippen LogP contribution in [0.4, 0.5) is 0 Å². The second kappa shape index (κ2) is 11.1. The van der Waals surface area contributed by atoms with E-state index in [1.165, 1.54) is 0 Å². The summed E-state index contributed by atoms with van der Waals surface area (Å²) in [4.78, 5) is 27.6. The zero-order valence-electron chi connectivity index (χ0n) is 17.0. The minimum atomic E-state index is -0.506. The van der Waals surface area contributed by atoms with Crippen LogP contribution in [-0.2, 0) is 22.6 Å². The van der Waals surface area contributed by atoms with Crippen LogP contribution in [0.2, 0.25) is 0 Å². The molecule has 1 N–H and O–H groups in total. The van der Waals surface area contributed by atoms with Crippen LogP contribution in [0, 0.1) is 0 Å². The van der Waals surface area contributed by atoms with Gasteiger partial charge in [-0.3, -0.25) is 9.59 Å². The average molecular weight is 383 g/mol. The molecule has 5 nitrogen and oxygen atoms in total. The lowest BCUT2D eigenvalue weighted by atomic mass is 10.1. The van der Waals surface area contributed by atoms with Crippen LogP contribution < -0.4 is 10.1 Å². The van der Waals surface area contributed by atoms with Gasteiger partial charge < -0.3 is 15.0 Å². The Balaban J connectivity index is 2.26. The number of ether oxygens (including phenoxy) is 1. The monoisotopic (exact) mass is 382 g/mol. The molecule has 0 aromatic heterocycles. The molecule has 0 spiro atoms. The number of hydrogen-bond acceptors (Lipinski definition) is 3. The van der Waals surface area contributed by atoms with Crippen LogP contribution >= 0.6 is 0 Å². The lowest BCUT2D eigenvalue weighted by molar-refractivity contribution is -0.140. The van der Waals surface area contributed by atoms with Gasteiger partial charge in [0.25, 0.3) is 0 Å². The molecule has 28 heavy (non-hydrogen) atoms. The van der Waals surface area contributed by atoms with Gasteiger partial charge in [-0.1, -0.05) is 56.3 Å². The van der Waals surface area contributed by atoms with Crippen molar-refractivity contribution in [1.29, 1.82) is 0 Å². The summed E-state index contributed by atoms with van der Waals surface area (Å²) in [5, 5.41) is 2.93. The van der Waals surface area contributed by atoms with Crippen molar-refractivity contribution in [3.05, 3.63) is 65.7 Å². The van der Waals surface area contributed by atoms with Crippen LogP contribution in [0.3, 0.4) is 0 Å². The maximum atomic E-state index is 13.2. The van der Waals surface area contributed by atoms with Crippen molar-refractivity contribution in [3.8, 4) is 5.75 Å². The molecule has 0 bridgehead atoms. The molecular formula is C23H30N2O3. The van der Waals surface area contributed by atoms with Crippen molar-refractivity contribution >= 4 is 11.8 Å². The topological polar surface area (TPSA) is 58.6 Å². The molecule has 0 radical (unpaired) electrons. The van der Waals surface area contributed by atoms with E-state index in [1.807, 2.05) is 68.4 Å². The molecule has 1 atom stereocenters. The predicted octanol–water partition coefficient (Wildman–Crippen LogP) is 3.57. The molecule has 2 aromatic rings. The van der Waals surface area contributed by atoms with E-state index < -0.39 is 6.04 Å². The Hall–Kier alpha value is -2.82. The number of nitrogens with zero attached hydrogens (tertiary/aromatic N) is 1. The normalized spacial score (nSPS) is 11.5. The first-order valence-electron chi connectivity index (χ1n) is 9.83. The first-order chi connectivity index (χ1) is 13.6. The summed E-state index contributed by atoms with van der Waals surface area (Å²) in [7, 11) is 1.62. The smallest absolute Gasteiger partial charge is 0.242 e. The van der Waals surface area contributed by atoms with Crippen molar-refractivity contribution in [1.82, 2.24) is 10.2 Å². The van der Waals surface area contributed by atoms with Gasteiger partial charge in [-0.05, 0) is 36.1 Å². The van der Waals surface area contributed by atoms with E-state index in [9.17, 15) is 9.59 Å². The van der Waals surface area contributed by atoms with Gasteiger partial charge in [0.2, 0.25) is 11.8 Å². The highest BCUT2D eigenvalue weighted by atomic mass is 16.5. The second-order valence-electron chi connectivity index (χ2n) is 6.75. The van der Waals surface area contributed by atoms with E-state index in [0.29, 0.717) is 19.5 Å². The Morgan fingerprint density at radius 1 is 1.04 bits per heavy atom. The van der Waals surface area contributed by atoms with Crippen LogP contribution in [0.15, 0.2) is 54.6 Å². The molecule has 0 aliphatic rings. The highest BCUT2D eigenvalue weighted by Crippen LogP contribution is 2.18. The molecule has 2 aromatic carbocycles. The van der Waals surface area contributed by atoms with Gasteiger partial charge in [-0.2, -0.15) is 0 Å². The third-order valence-corrected chi connectivity index (χ3v) is 4.62. The van der Waals surface area contributed by atoms with Gasteiger partial charge in [-0.25, -0.2) is 0 Å². The van der Waals surface area contributed by atoms with Crippen molar-refractivity contribution in [2.75, 3.05) is 13.7 Å². The molecule has 2 amide bonds. The maximum absolute atomic E-state index is 13.2. The van der Waals surface area contributed by atoms with Gasteiger partial charge >= 0.3 is 0 Å². The van der Waals surface area contributed by atoms with Crippen molar-refractivity contribution in [2.45, 2.75) is 45.7 Å². The van der Waals surface area contributed by atoms with Crippen LogP contribution in [0.25, 0.3) is 0 Å². The zero-order chi connectivity index (χ0) is 20.4. The highest BCUT2D eigenvalue weighted by molar-refractivity contribution is 5.88. The summed E-state index contributed by atoms with van der Waals surface area (Å²) in [6, 6.07) is 16.7. The number of carbonyl (C=O) groups is 2. The standard InChI is InChI=1S/C23H30N2O3/c1-4-14-24-23(27)21(5-2)25(17-19-12-9-13-20(15-19)28-3)22(26)16-18-10-7-6-8-11-18/h6-13,15,21H,4-5,14,16-17H2,1-3H3,(H,24,27)/t21-/m1/s1. The Morgan fingerprint density at radius 2 is 1.75 bits per heavy atom. The summed E-state index contributed by atoms with van der Waals surface area (Å²) in [6.45, 7) is 4.91. The Kier molecular flexibility index (Phi) is 8.53. The number of hydrogen-bond donors (Lipinski definition) is 1. The van der Waals surface area contributed by atoms with Crippen molar-refractivity contribution < 1.29 is 14.3 Å². The molecule has 0 aliphatic carbocycles. The number of carbonyl (C=O) groups excluding carboxylic acids is 2. The number of rotatable bonds is 10. The van der Waals surface area contributed by atoms with Crippen LogP contribution in [0.5, 0.6) is 5.75 Å². The van der Waals surface area contributed by atoms with E-state index >= 15 is 0 Å². The van der Waals surface area contributed by atoms with E-state index in [2.05, 4.69) is 5.32 Å². The fourth-order valence-electron chi connectivity index (χ4n) is 3.13. The molecule has 0 aliphatic heterocycles. The van der Waals surface area contributed by atoms with Gasteiger partial charge in [0.15, 0.2) is 0 Å². The fraction of sp³-hybridized carbons (Fsp3) is 0.391. The average Bonchev–Trinajstić information content (AvgIpc) is 2.72. The van der Waals surface area contributed by atoms with Crippen molar-refractivity contribution in [2.24, 2.45) is 0 Å². The quantitative estimate of drug-likeness (QED) is 0.683. The molecule has 0 unspecified atom stereocenters. The van der Waals surface area contributed by atoms with Gasteiger partial charge in [-0.15, -0.1) is 0 Å². The third-order valence-electron chi connectivity index (χ3n) is 4.62. The number of benzene rings is 2. The van der Waals surface area contributed by atoms with Gasteiger partial charge in [0, 0.05) is 13.1 Å². The van der Waals surface area contributed by atoms with Crippen LogP contribution in [-0.4, -0.2) is 36.4 Å². The van der Waals surface area contributed by atoms with Crippen LogP contribution in [0.1, 0.15) is 37.8 Å². The van der Waals surface area contributed by atoms with E-state index in [4.69, 9.17) is 4.74 Å². The van der Waals surface area contributed by atoms with E-state index in [0.717, 1.165) is 23.3 Å². The zero-order valence-corrected chi connectivity index (χ0v) is 17.0. The summed E-state index contributed by atoms with van der Waals surface area (Å²) in [5.41, 5.74) is 1.87. The largest absolute Gasteiger partial charge is 0.497 e. The first-order valence-corrected chi connectivity index (χ1v) is 9.83.